The molecule has 0 saturated carbocycles. The molecule has 1 aromatic rings. The van der Waals surface area contributed by atoms with Crippen molar-refractivity contribution in [1.82, 2.24) is 4.72 Å². The van der Waals surface area contributed by atoms with Gasteiger partial charge in [0, 0.05) is 18.7 Å². The predicted molar refractivity (Wildman–Crippen MR) is 81.9 cm³/mol. The summed E-state index contributed by atoms with van der Waals surface area (Å²) in [6.07, 6.45) is 0.902. The summed E-state index contributed by atoms with van der Waals surface area (Å²) < 4.78 is 31.9. The van der Waals surface area contributed by atoms with Crippen LogP contribution in [0.25, 0.3) is 0 Å². The second kappa shape index (κ2) is 6.62. The average molecular weight is 314 g/mol. The molecule has 2 rings (SSSR count). The Hall–Kier alpha value is -1.02. The van der Waals surface area contributed by atoms with E-state index < -0.39 is 10.0 Å². The third-order valence-corrected chi connectivity index (χ3v) is 4.74. The summed E-state index contributed by atoms with van der Waals surface area (Å²) >= 11 is 4.89. The van der Waals surface area contributed by atoms with Crippen LogP contribution in [0.5, 0.6) is 0 Å². The van der Waals surface area contributed by atoms with Crippen molar-refractivity contribution in [2.75, 3.05) is 19.8 Å². The van der Waals surface area contributed by atoms with Crippen molar-refractivity contribution in [3.63, 3.8) is 0 Å². The summed E-state index contributed by atoms with van der Waals surface area (Å²) in [4.78, 5) is 0.264. The van der Waals surface area contributed by atoms with E-state index in [-0.39, 0.29) is 16.7 Å². The number of nitrogens with two attached hydrogens (primary N) is 1. The molecule has 20 heavy (non-hydrogen) atoms. The Morgan fingerprint density at radius 1 is 1.50 bits per heavy atom. The molecule has 3 N–H and O–H groups in total. The van der Waals surface area contributed by atoms with Gasteiger partial charge in [0.1, 0.15) is 4.99 Å². The molecule has 0 amide bonds. The zero-order valence-electron chi connectivity index (χ0n) is 11.0. The van der Waals surface area contributed by atoms with Crippen LogP contribution in [0.4, 0.5) is 0 Å². The first-order valence-electron chi connectivity index (χ1n) is 6.40. The maximum Gasteiger partial charge on any atom is 0.215 e. The van der Waals surface area contributed by atoms with Crippen molar-refractivity contribution in [3.8, 4) is 0 Å². The average Bonchev–Trinajstić information content (AvgIpc) is 2.89. The van der Waals surface area contributed by atoms with Crippen molar-refractivity contribution in [2.24, 2.45) is 11.7 Å². The molecule has 0 radical (unpaired) electrons. The van der Waals surface area contributed by atoms with Gasteiger partial charge in [-0.2, -0.15) is 0 Å². The summed E-state index contributed by atoms with van der Waals surface area (Å²) in [6.45, 7) is 1.76. The Morgan fingerprint density at radius 3 is 2.95 bits per heavy atom. The lowest BCUT2D eigenvalue weighted by atomic mass is 10.1. The fourth-order valence-corrected chi connectivity index (χ4v) is 3.41. The highest BCUT2D eigenvalue weighted by molar-refractivity contribution is 7.88. The van der Waals surface area contributed by atoms with E-state index in [1.54, 1.807) is 24.3 Å². The summed E-state index contributed by atoms with van der Waals surface area (Å²) in [7, 11) is -3.35. The smallest absolute Gasteiger partial charge is 0.215 e. The second-order valence-corrected chi connectivity index (χ2v) is 7.15. The number of rotatable bonds is 6. The summed E-state index contributed by atoms with van der Waals surface area (Å²) in [6, 6.07) is 6.98. The molecular weight excluding hydrogens is 296 g/mol. The molecule has 1 aliphatic rings. The first-order valence-corrected chi connectivity index (χ1v) is 8.46. The van der Waals surface area contributed by atoms with Crippen LogP contribution in [-0.2, 0) is 20.5 Å². The molecule has 1 saturated heterocycles. The van der Waals surface area contributed by atoms with E-state index in [1.807, 2.05) is 0 Å². The van der Waals surface area contributed by atoms with Crippen molar-refractivity contribution >= 4 is 27.2 Å². The molecule has 1 heterocycles. The van der Waals surface area contributed by atoms with E-state index >= 15 is 0 Å². The molecule has 1 fully saturated rings. The summed E-state index contributed by atoms with van der Waals surface area (Å²) in [5, 5.41) is 0. The molecule has 1 aliphatic heterocycles. The lowest BCUT2D eigenvalue weighted by Crippen LogP contribution is -2.30. The minimum Gasteiger partial charge on any atom is -0.389 e. The number of nitrogens with one attached hydrogen (secondary N) is 1. The van der Waals surface area contributed by atoms with Gasteiger partial charge in [0.25, 0.3) is 0 Å². The van der Waals surface area contributed by atoms with Gasteiger partial charge in [-0.1, -0.05) is 30.4 Å². The van der Waals surface area contributed by atoms with Crippen molar-refractivity contribution in [3.05, 3.63) is 35.4 Å². The van der Waals surface area contributed by atoms with Crippen LogP contribution in [-0.4, -0.2) is 33.2 Å². The van der Waals surface area contributed by atoms with Crippen LogP contribution in [0.2, 0.25) is 0 Å². The maximum absolute atomic E-state index is 12.0. The van der Waals surface area contributed by atoms with Crippen LogP contribution in [0, 0.1) is 5.92 Å². The number of benzene rings is 1. The highest BCUT2D eigenvalue weighted by Gasteiger charge is 2.19. The van der Waals surface area contributed by atoms with Gasteiger partial charge in [-0.05, 0) is 24.0 Å². The largest absolute Gasteiger partial charge is 0.389 e. The van der Waals surface area contributed by atoms with E-state index in [1.165, 1.54) is 0 Å². The Labute approximate surface area is 124 Å². The fraction of sp³-hybridized carbons (Fsp3) is 0.462. The Balaban J connectivity index is 1.96. The van der Waals surface area contributed by atoms with Crippen molar-refractivity contribution < 1.29 is 13.2 Å². The van der Waals surface area contributed by atoms with E-state index in [4.69, 9.17) is 22.7 Å². The van der Waals surface area contributed by atoms with Crippen molar-refractivity contribution in [1.29, 1.82) is 0 Å². The van der Waals surface area contributed by atoms with Gasteiger partial charge in [0.2, 0.25) is 10.0 Å². The SMILES string of the molecule is NC(=S)c1cccc(CS(=O)(=O)NCC2CCOC2)c1. The minimum atomic E-state index is -3.35. The monoisotopic (exact) mass is 314 g/mol. The lowest BCUT2D eigenvalue weighted by Gasteiger charge is -2.10. The lowest BCUT2D eigenvalue weighted by molar-refractivity contribution is 0.186. The Kier molecular flexibility index (Phi) is 5.09. The van der Waals surface area contributed by atoms with Gasteiger partial charge < -0.3 is 10.5 Å². The number of hydrogen-bond donors (Lipinski definition) is 2. The molecule has 0 aliphatic carbocycles. The van der Waals surface area contributed by atoms with E-state index in [9.17, 15) is 8.42 Å². The highest BCUT2D eigenvalue weighted by Crippen LogP contribution is 2.12. The second-order valence-electron chi connectivity index (χ2n) is 4.90. The molecule has 1 atom stereocenters. The van der Waals surface area contributed by atoms with Crippen LogP contribution in [0.15, 0.2) is 24.3 Å². The molecular formula is C13H18N2O3S2. The number of hydrogen-bond acceptors (Lipinski definition) is 4. The van der Waals surface area contributed by atoms with Gasteiger partial charge in [0.05, 0.1) is 12.4 Å². The molecule has 0 bridgehead atoms. The molecule has 1 aromatic carbocycles. The van der Waals surface area contributed by atoms with Gasteiger partial charge >= 0.3 is 0 Å². The van der Waals surface area contributed by atoms with E-state index in [0.29, 0.717) is 30.9 Å². The topological polar surface area (TPSA) is 81.4 Å². The highest BCUT2D eigenvalue weighted by atomic mass is 32.2. The van der Waals surface area contributed by atoms with Crippen LogP contribution in [0.1, 0.15) is 17.5 Å². The third kappa shape index (κ3) is 4.52. The molecule has 110 valence electrons. The first-order chi connectivity index (χ1) is 9.46. The normalized spacial score (nSPS) is 19.1. The summed E-state index contributed by atoms with van der Waals surface area (Å²) in [5.74, 6) is 0.199. The number of thiocarbonyl (C=S) groups is 1. The molecule has 5 nitrogen and oxygen atoms in total. The number of sulfonamides is 1. The molecule has 0 spiro atoms. The predicted octanol–water partition coefficient (Wildman–Crippen LogP) is 0.777. The number of ether oxygens (including phenoxy) is 1. The van der Waals surface area contributed by atoms with E-state index in [2.05, 4.69) is 4.72 Å². The van der Waals surface area contributed by atoms with Crippen molar-refractivity contribution in [2.45, 2.75) is 12.2 Å². The molecule has 1 unspecified atom stereocenters. The summed E-state index contributed by atoms with van der Waals surface area (Å²) in [5.41, 5.74) is 6.89. The zero-order valence-corrected chi connectivity index (χ0v) is 12.7. The van der Waals surface area contributed by atoms with Gasteiger partial charge in [-0.25, -0.2) is 13.1 Å². The van der Waals surface area contributed by atoms with Gasteiger partial charge in [-0.15, -0.1) is 0 Å². The van der Waals surface area contributed by atoms with Crippen LogP contribution in [0.3, 0.4) is 0 Å². The minimum absolute atomic E-state index is 0.0724. The standard InChI is InChI=1S/C13H18N2O3S2/c14-13(19)12-3-1-2-10(6-12)9-20(16,17)15-7-11-4-5-18-8-11/h1-3,6,11,15H,4-5,7-9H2,(H2,14,19). The first kappa shape index (κ1) is 15.4. The van der Waals surface area contributed by atoms with Crippen LogP contribution >= 0.6 is 12.2 Å². The quantitative estimate of drug-likeness (QED) is 0.758. The molecule has 7 heteroatoms. The van der Waals surface area contributed by atoms with Gasteiger partial charge in [-0.3, -0.25) is 0 Å². The van der Waals surface area contributed by atoms with E-state index in [0.717, 1.165) is 6.42 Å². The third-order valence-electron chi connectivity index (χ3n) is 3.18. The molecule has 0 aromatic heterocycles. The zero-order chi connectivity index (χ0) is 14.6. The Bertz CT molecular complexity index is 581. The van der Waals surface area contributed by atoms with Gasteiger partial charge in [0.15, 0.2) is 0 Å². The Morgan fingerprint density at radius 2 is 2.30 bits per heavy atom. The maximum atomic E-state index is 12.0. The fourth-order valence-electron chi connectivity index (χ4n) is 2.07. The van der Waals surface area contributed by atoms with Crippen LogP contribution < -0.4 is 10.5 Å².